The Labute approximate surface area is 113 Å². The molecule has 0 saturated carbocycles. The number of halogens is 3. The molecule has 0 bridgehead atoms. The number of hydrogen-bond acceptors (Lipinski definition) is 3. The van der Waals surface area contributed by atoms with Crippen LogP contribution >= 0.6 is 0 Å². The normalized spacial score (nSPS) is 12.1. The quantitative estimate of drug-likeness (QED) is 0.847. The highest BCUT2D eigenvalue weighted by Gasteiger charge is 2.36. The van der Waals surface area contributed by atoms with Crippen LogP contribution in [0.15, 0.2) is 18.2 Å². The molecule has 20 heavy (non-hydrogen) atoms. The Kier molecular flexibility index (Phi) is 4.42. The average molecular weight is 290 g/mol. The minimum Gasteiger partial charge on any atom is -0.492 e. The van der Waals surface area contributed by atoms with Crippen molar-refractivity contribution in [2.24, 2.45) is 5.41 Å². The van der Waals surface area contributed by atoms with Gasteiger partial charge in [-0.25, -0.2) is 0 Å². The molecule has 0 aromatic heterocycles. The Balaban J connectivity index is 3.07. The van der Waals surface area contributed by atoms with E-state index in [0.29, 0.717) is 12.4 Å². The predicted molar refractivity (Wildman–Crippen MR) is 63.7 cm³/mol. The molecule has 0 radical (unpaired) electrons. The van der Waals surface area contributed by atoms with Gasteiger partial charge in [0.25, 0.3) is 0 Å². The zero-order chi connectivity index (χ0) is 15.6. The molecular formula is C13H13F3O4. The van der Waals surface area contributed by atoms with Gasteiger partial charge in [-0.1, -0.05) is 0 Å². The van der Waals surface area contributed by atoms with E-state index >= 15 is 0 Å². The molecule has 1 N–H and O–H groups in total. The first-order chi connectivity index (χ1) is 9.08. The van der Waals surface area contributed by atoms with Crippen molar-refractivity contribution in [3.05, 3.63) is 29.3 Å². The second-order valence-electron chi connectivity index (χ2n) is 4.85. The summed E-state index contributed by atoms with van der Waals surface area (Å²) in [5.41, 5.74) is -2.57. The smallest absolute Gasteiger partial charge is 0.419 e. The first-order valence-corrected chi connectivity index (χ1v) is 5.60. The van der Waals surface area contributed by atoms with E-state index in [1.54, 1.807) is 0 Å². The number of hydrogen-bond donors (Lipinski definition) is 1. The number of carboxylic acids is 1. The van der Waals surface area contributed by atoms with Gasteiger partial charge in [-0.3, -0.25) is 9.59 Å². The van der Waals surface area contributed by atoms with E-state index in [2.05, 4.69) is 0 Å². The number of ether oxygens (including phenoxy) is 1. The maximum absolute atomic E-state index is 12.8. The van der Waals surface area contributed by atoms with Gasteiger partial charge in [0.15, 0.2) is 0 Å². The molecule has 4 nitrogen and oxygen atoms in total. The van der Waals surface area contributed by atoms with Crippen molar-refractivity contribution in [3.8, 4) is 5.75 Å². The SMILES string of the molecule is CC(C)(COc1ccc(C=O)cc1C(F)(F)F)C(=O)O. The summed E-state index contributed by atoms with van der Waals surface area (Å²) < 4.78 is 43.5. The number of rotatable bonds is 5. The molecule has 0 aliphatic heterocycles. The summed E-state index contributed by atoms with van der Waals surface area (Å²) in [4.78, 5) is 21.4. The lowest BCUT2D eigenvalue weighted by Gasteiger charge is -2.21. The maximum atomic E-state index is 12.8. The van der Waals surface area contributed by atoms with E-state index in [-0.39, 0.29) is 5.56 Å². The molecule has 0 fully saturated rings. The van der Waals surface area contributed by atoms with E-state index in [1.807, 2.05) is 0 Å². The molecule has 0 spiro atoms. The molecule has 7 heteroatoms. The van der Waals surface area contributed by atoms with Crippen LogP contribution in [0.1, 0.15) is 29.8 Å². The topological polar surface area (TPSA) is 63.6 Å². The van der Waals surface area contributed by atoms with Crippen molar-refractivity contribution in [2.75, 3.05) is 6.61 Å². The summed E-state index contributed by atoms with van der Waals surface area (Å²) in [6.45, 7) is 2.25. The number of benzene rings is 1. The number of aliphatic carboxylic acids is 1. The lowest BCUT2D eigenvalue weighted by Crippen LogP contribution is -2.31. The first kappa shape index (κ1) is 16.0. The van der Waals surface area contributed by atoms with Crippen LogP contribution < -0.4 is 4.74 Å². The molecule has 0 heterocycles. The fraction of sp³-hybridized carbons (Fsp3) is 0.385. The molecule has 0 atom stereocenters. The van der Waals surface area contributed by atoms with Crippen LogP contribution in [0.4, 0.5) is 13.2 Å². The van der Waals surface area contributed by atoms with Crippen molar-refractivity contribution in [2.45, 2.75) is 20.0 Å². The van der Waals surface area contributed by atoms with Crippen LogP contribution in [0.2, 0.25) is 0 Å². The molecule has 0 aliphatic rings. The fourth-order valence-electron chi connectivity index (χ4n) is 1.29. The van der Waals surface area contributed by atoms with Crippen molar-refractivity contribution >= 4 is 12.3 Å². The highest BCUT2D eigenvalue weighted by atomic mass is 19.4. The van der Waals surface area contributed by atoms with Crippen LogP contribution in [0.3, 0.4) is 0 Å². The summed E-state index contributed by atoms with van der Waals surface area (Å²) in [7, 11) is 0. The van der Waals surface area contributed by atoms with Gasteiger partial charge in [-0.2, -0.15) is 13.2 Å². The van der Waals surface area contributed by atoms with Gasteiger partial charge in [-0.15, -0.1) is 0 Å². The third kappa shape index (κ3) is 3.72. The summed E-state index contributed by atoms with van der Waals surface area (Å²) in [5.74, 6) is -1.69. The zero-order valence-electron chi connectivity index (χ0n) is 10.8. The Morgan fingerprint density at radius 2 is 1.95 bits per heavy atom. The van der Waals surface area contributed by atoms with Gasteiger partial charge in [-0.05, 0) is 32.0 Å². The Bertz CT molecular complexity index is 521. The Morgan fingerprint density at radius 3 is 2.40 bits per heavy atom. The van der Waals surface area contributed by atoms with Crippen LogP contribution in [-0.2, 0) is 11.0 Å². The number of aldehydes is 1. The maximum Gasteiger partial charge on any atom is 0.419 e. The lowest BCUT2D eigenvalue weighted by molar-refractivity contribution is -0.148. The molecule has 0 amide bonds. The van der Waals surface area contributed by atoms with Crippen molar-refractivity contribution in [3.63, 3.8) is 0 Å². The predicted octanol–water partition coefficient (Wildman–Crippen LogP) is 3.01. The highest BCUT2D eigenvalue weighted by Crippen LogP contribution is 2.37. The van der Waals surface area contributed by atoms with E-state index in [0.717, 1.165) is 6.07 Å². The Morgan fingerprint density at radius 1 is 1.35 bits per heavy atom. The van der Waals surface area contributed by atoms with Gasteiger partial charge in [0.2, 0.25) is 0 Å². The van der Waals surface area contributed by atoms with Crippen molar-refractivity contribution < 1.29 is 32.6 Å². The molecule has 0 unspecified atom stereocenters. The Hall–Kier alpha value is -2.05. The summed E-state index contributed by atoms with van der Waals surface area (Å²) in [6.07, 6.45) is -4.40. The van der Waals surface area contributed by atoms with E-state index < -0.39 is 35.5 Å². The molecule has 1 aromatic rings. The molecule has 1 aromatic carbocycles. The largest absolute Gasteiger partial charge is 0.492 e. The standard InChI is InChI=1S/C13H13F3O4/c1-12(2,11(18)19)7-20-10-4-3-8(6-17)5-9(10)13(14,15)16/h3-6H,7H2,1-2H3,(H,18,19). The number of carbonyl (C=O) groups is 2. The molecule has 1 rings (SSSR count). The monoisotopic (exact) mass is 290 g/mol. The highest BCUT2D eigenvalue weighted by molar-refractivity contribution is 5.76. The molecule has 110 valence electrons. The summed E-state index contributed by atoms with van der Waals surface area (Å²) >= 11 is 0. The zero-order valence-corrected chi connectivity index (χ0v) is 10.8. The second kappa shape index (κ2) is 5.52. The van der Waals surface area contributed by atoms with Gasteiger partial charge < -0.3 is 9.84 Å². The van der Waals surface area contributed by atoms with Crippen LogP contribution in [-0.4, -0.2) is 24.0 Å². The third-order valence-electron chi connectivity index (χ3n) is 2.61. The molecule has 0 saturated heterocycles. The molecular weight excluding hydrogens is 277 g/mol. The molecule has 0 aliphatic carbocycles. The van der Waals surface area contributed by atoms with Crippen LogP contribution in [0, 0.1) is 5.41 Å². The van der Waals surface area contributed by atoms with Crippen molar-refractivity contribution in [1.82, 2.24) is 0 Å². The second-order valence-corrected chi connectivity index (χ2v) is 4.85. The number of carboxylic acid groups (broad SMARTS) is 1. The minimum atomic E-state index is -4.69. The van der Waals surface area contributed by atoms with E-state index in [1.165, 1.54) is 19.9 Å². The minimum absolute atomic E-state index is 0.137. The summed E-state index contributed by atoms with van der Waals surface area (Å²) in [6, 6.07) is 2.84. The van der Waals surface area contributed by atoms with Crippen LogP contribution in [0.25, 0.3) is 0 Å². The average Bonchev–Trinajstić information content (AvgIpc) is 2.35. The summed E-state index contributed by atoms with van der Waals surface area (Å²) in [5, 5.41) is 8.88. The number of alkyl halides is 3. The van der Waals surface area contributed by atoms with E-state index in [4.69, 9.17) is 9.84 Å². The third-order valence-corrected chi connectivity index (χ3v) is 2.61. The van der Waals surface area contributed by atoms with Gasteiger partial charge in [0.1, 0.15) is 18.6 Å². The van der Waals surface area contributed by atoms with Gasteiger partial charge in [0, 0.05) is 5.56 Å². The number of carbonyl (C=O) groups excluding carboxylic acids is 1. The van der Waals surface area contributed by atoms with Crippen molar-refractivity contribution in [1.29, 1.82) is 0 Å². The first-order valence-electron chi connectivity index (χ1n) is 5.60. The van der Waals surface area contributed by atoms with Gasteiger partial charge in [0.05, 0.1) is 11.0 Å². The van der Waals surface area contributed by atoms with Gasteiger partial charge >= 0.3 is 12.1 Å². The van der Waals surface area contributed by atoms with E-state index in [9.17, 15) is 22.8 Å². The lowest BCUT2D eigenvalue weighted by atomic mass is 9.95. The van der Waals surface area contributed by atoms with Crippen LogP contribution in [0.5, 0.6) is 5.75 Å². The fourth-order valence-corrected chi connectivity index (χ4v) is 1.29.